The molecule has 0 atom stereocenters. The second kappa shape index (κ2) is 4.23. The number of benzene rings is 1. The van der Waals surface area contributed by atoms with Crippen LogP contribution in [0.1, 0.15) is 15.2 Å². The molecule has 0 amide bonds. The number of thiophene rings is 1. The monoisotopic (exact) mass is 279 g/mol. The van der Waals surface area contributed by atoms with Crippen LogP contribution in [0.5, 0.6) is 0 Å². The summed E-state index contributed by atoms with van der Waals surface area (Å²) in [5.74, 6) is -0.481. The number of halogens is 2. The second-order valence-corrected chi connectivity index (χ2v) is 5.14. The van der Waals surface area contributed by atoms with E-state index in [1.54, 1.807) is 23.7 Å². The van der Waals surface area contributed by atoms with E-state index in [0.717, 1.165) is 0 Å². The summed E-state index contributed by atoms with van der Waals surface area (Å²) in [4.78, 5) is 15.7. The zero-order valence-corrected chi connectivity index (χ0v) is 10.6. The normalized spacial score (nSPS) is 11.0. The fourth-order valence-electron chi connectivity index (χ4n) is 1.86. The Morgan fingerprint density at radius 2 is 2.17 bits per heavy atom. The molecule has 1 aromatic carbocycles. The lowest BCUT2D eigenvalue weighted by atomic mass is 10.1. The number of hydrogen-bond donors (Lipinski definition) is 1. The van der Waals surface area contributed by atoms with Gasteiger partial charge in [-0.1, -0.05) is 11.6 Å². The molecule has 3 rings (SSSR count). The van der Waals surface area contributed by atoms with Crippen molar-refractivity contribution in [2.45, 2.75) is 0 Å². The van der Waals surface area contributed by atoms with E-state index in [9.17, 15) is 9.18 Å². The first-order chi connectivity index (χ1) is 8.66. The summed E-state index contributed by atoms with van der Waals surface area (Å²) in [7, 11) is 0. The quantitative estimate of drug-likeness (QED) is 0.699. The predicted molar refractivity (Wildman–Crippen MR) is 71.0 cm³/mol. The second-order valence-electron chi connectivity index (χ2n) is 3.82. The van der Waals surface area contributed by atoms with E-state index in [1.807, 2.05) is 0 Å². The van der Waals surface area contributed by atoms with Gasteiger partial charge in [0.25, 0.3) is 0 Å². The fraction of sp³-hybridized carbons (Fsp3) is 0. The number of carbonyl (C=O) groups excluding carboxylic acids is 1. The Kier molecular flexibility index (Phi) is 2.69. The summed E-state index contributed by atoms with van der Waals surface area (Å²) >= 11 is 7.25. The van der Waals surface area contributed by atoms with Crippen LogP contribution in [0, 0.1) is 5.82 Å². The summed E-state index contributed by atoms with van der Waals surface area (Å²) < 4.78 is 13.1. The molecule has 1 N–H and O–H groups in total. The highest BCUT2D eigenvalue weighted by molar-refractivity contribution is 7.13. The van der Waals surface area contributed by atoms with E-state index in [4.69, 9.17) is 11.6 Å². The predicted octanol–water partition coefficient (Wildman–Crippen LogP) is 4.25. The van der Waals surface area contributed by atoms with Gasteiger partial charge in [-0.05, 0) is 29.6 Å². The van der Waals surface area contributed by atoms with Crippen molar-refractivity contribution in [3.05, 3.63) is 57.1 Å². The number of carbonyl (C=O) groups is 1. The molecule has 0 aliphatic rings. The highest BCUT2D eigenvalue weighted by Gasteiger charge is 2.18. The van der Waals surface area contributed by atoms with E-state index in [1.165, 1.54) is 23.5 Å². The minimum Gasteiger partial charge on any atom is -0.360 e. The zero-order chi connectivity index (χ0) is 12.7. The SMILES string of the molecule is O=C(c1sccc1Cl)c1c[nH]c2cc(F)ccc12. The van der Waals surface area contributed by atoms with Crippen molar-refractivity contribution in [2.24, 2.45) is 0 Å². The molecule has 0 bridgehead atoms. The summed E-state index contributed by atoms with van der Waals surface area (Å²) in [6.45, 7) is 0. The first-order valence-corrected chi connectivity index (χ1v) is 6.47. The lowest BCUT2D eigenvalue weighted by Crippen LogP contribution is -1.97. The summed E-state index contributed by atoms with van der Waals surface area (Å²) in [5, 5.41) is 2.91. The molecule has 2 nitrogen and oxygen atoms in total. The van der Waals surface area contributed by atoms with Crippen LogP contribution in [0.4, 0.5) is 4.39 Å². The van der Waals surface area contributed by atoms with Gasteiger partial charge in [0.2, 0.25) is 5.78 Å². The van der Waals surface area contributed by atoms with E-state index >= 15 is 0 Å². The Bertz CT molecular complexity index is 746. The van der Waals surface area contributed by atoms with Crippen molar-refractivity contribution in [1.82, 2.24) is 4.98 Å². The molecule has 90 valence electrons. The smallest absolute Gasteiger partial charge is 0.206 e. The summed E-state index contributed by atoms with van der Waals surface area (Å²) in [6.07, 6.45) is 1.59. The Labute approximate surface area is 111 Å². The maximum Gasteiger partial charge on any atom is 0.206 e. The van der Waals surface area contributed by atoms with Crippen LogP contribution in [0.2, 0.25) is 5.02 Å². The van der Waals surface area contributed by atoms with Crippen LogP contribution in [0.25, 0.3) is 10.9 Å². The van der Waals surface area contributed by atoms with Crippen molar-refractivity contribution in [3.63, 3.8) is 0 Å². The molecule has 0 fully saturated rings. The van der Waals surface area contributed by atoms with Crippen LogP contribution in [-0.2, 0) is 0 Å². The van der Waals surface area contributed by atoms with Crippen molar-refractivity contribution < 1.29 is 9.18 Å². The first kappa shape index (κ1) is 11.4. The van der Waals surface area contributed by atoms with Gasteiger partial charge in [0, 0.05) is 22.7 Å². The van der Waals surface area contributed by atoms with Gasteiger partial charge in [0.15, 0.2) is 0 Å². The molecule has 0 saturated carbocycles. The molecule has 0 unspecified atom stereocenters. The molecule has 18 heavy (non-hydrogen) atoms. The third kappa shape index (κ3) is 1.74. The van der Waals surface area contributed by atoms with E-state index in [-0.39, 0.29) is 11.6 Å². The van der Waals surface area contributed by atoms with Gasteiger partial charge in [-0.3, -0.25) is 4.79 Å². The molecule has 0 aliphatic heterocycles. The summed E-state index contributed by atoms with van der Waals surface area (Å²) in [5.41, 5.74) is 1.11. The van der Waals surface area contributed by atoms with E-state index < -0.39 is 0 Å². The molecular formula is C13H7ClFNOS. The third-order valence-electron chi connectivity index (χ3n) is 2.71. The number of fused-ring (bicyclic) bond motifs is 1. The van der Waals surface area contributed by atoms with Crippen LogP contribution < -0.4 is 0 Å². The van der Waals surface area contributed by atoms with E-state index in [2.05, 4.69) is 4.98 Å². The van der Waals surface area contributed by atoms with Crippen LogP contribution in [0.15, 0.2) is 35.8 Å². The van der Waals surface area contributed by atoms with Gasteiger partial charge in [-0.2, -0.15) is 0 Å². The number of ketones is 1. The Hall–Kier alpha value is -1.65. The Balaban J connectivity index is 2.16. The van der Waals surface area contributed by atoms with Crippen molar-refractivity contribution in [1.29, 1.82) is 0 Å². The van der Waals surface area contributed by atoms with Gasteiger partial charge in [0.05, 0.1) is 9.90 Å². The first-order valence-electron chi connectivity index (χ1n) is 5.21. The third-order valence-corrected chi connectivity index (χ3v) is 4.05. The molecule has 0 saturated heterocycles. The van der Waals surface area contributed by atoms with E-state index in [0.29, 0.717) is 26.4 Å². The lowest BCUT2D eigenvalue weighted by molar-refractivity contribution is 0.104. The maximum atomic E-state index is 13.1. The number of aromatic amines is 1. The highest BCUT2D eigenvalue weighted by Crippen LogP contribution is 2.28. The van der Waals surface area contributed by atoms with Crippen LogP contribution >= 0.6 is 22.9 Å². The van der Waals surface area contributed by atoms with Gasteiger partial charge in [-0.15, -0.1) is 11.3 Å². The molecule has 3 aromatic rings. The molecule has 0 aliphatic carbocycles. The highest BCUT2D eigenvalue weighted by atomic mass is 35.5. The molecule has 0 radical (unpaired) electrons. The lowest BCUT2D eigenvalue weighted by Gasteiger charge is -1.97. The molecule has 5 heteroatoms. The Morgan fingerprint density at radius 1 is 1.33 bits per heavy atom. The molecule has 0 spiro atoms. The van der Waals surface area contributed by atoms with Gasteiger partial charge < -0.3 is 4.98 Å². The minimum atomic E-state index is -0.336. The molecule has 2 heterocycles. The topological polar surface area (TPSA) is 32.9 Å². The maximum absolute atomic E-state index is 13.1. The number of nitrogens with one attached hydrogen (secondary N) is 1. The number of H-pyrrole nitrogens is 1. The van der Waals surface area contributed by atoms with Crippen molar-refractivity contribution in [3.8, 4) is 0 Å². The number of hydrogen-bond acceptors (Lipinski definition) is 2. The summed E-state index contributed by atoms with van der Waals surface area (Å²) in [6, 6.07) is 5.98. The fourth-order valence-corrected chi connectivity index (χ4v) is 2.96. The molecular weight excluding hydrogens is 273 g/mol. The standard InChI is InChI=1S/C13H7ClFNOS/c14-10-3-4-18-13(10)12(17)9-6-16-11-5-7(15)1-2-8(9)11/h1-6,16H. The largest absolute Gasteiger partial charge is 0.360 e. The number of aromatic nitrogens is 1. The average molecular weight is 280 g/mol. The number of rotatable bonds is 2. The minimum absolute atomic E-state index is 0.146. The van der Waals surface area contributed by atoms with Crippen LogP contribution in [0.3, 0.4) is 0 Å². The van der Waals surface area contributed by atoms with Gasteiger partial charge in [-0.25, -0.2) is 4.39 Å². The van der Waals surface area contributed by atoms with Crippen LogP contribution in [-0.4, -0.2) is 10.8 Å². The van der Waals surface area contributed by atoms with Crippen molar-refractivity contribution >= 4 is 39.6 Å². The average Bonchev–Trinajstić information content (AvgIpc) is 2.94. The van der Waals surface area contributed by atoms with Gasteiger partial charge >= 0.3 is 0 Å². The molecule has 2 aromatic heterocycles. The van der Waals surface area contributed by atoms with Crippen molar-refractivity contribution in [2.75, 3.05) is 0 Å². The zero-order valence-electron chi connectivity index (χ0n) is 9.04. The Morgan fingerprint density at radius 3 is 2.89 bits per heavy atom. The van der Waals surface area contributed by atoms with Gasteiger partial charge in [0.1, 0.15) is 5.82 Å².